The van der Waals surface area contributed by atoms with Crippen LogP contribution in [0.2, 0.25) is 0 Å². The molecule has 45 heavy (non-hydrogen) atoms. The molecule has 0 saturated carbocycles. The van der Waals surface area contributed by atoms with Crippen molar-refractivity contribution in [1.29, 1.82) is 0 Å². The number of anilines is 1. The highest BCUT2D eigenvalue weighted by Crippen LogP contribution is 2.37. The van der Waals surface area contributed by atoms with E-state index in [1.54, 1.807) is 35.7 Å². The molecule has 3 aromatic carbocycles. The topological polar surface area (TPSA) is 122 Å². The summed E-state index contributed by atoms with van der Waals surface area (Å²) in [7, 11) is -1.21. The van der Waals surface area contributed by atoms with Crippen LogP contribution in [-0.2, 0) is 29.2 Å². The summed E-state index contributed by atoms with van der Waals surface area (Å²) < 4.78 is 80.7. The van der Waals surface area contributed by atoms with Crippen LogP contribution < -0.4 is 13.8 Å². The van der Waals surface area contributed by atoms with Crippen molar-refractivity contribution in [2.75, 3.05) is 25.1 Å². The van der Waals surface area contributed by atoms with Gasteiger partial charge in [0, 0.05) is 46.8 Å². The first-order valence-corrected chi connectivity index (χ1v) is 15.8. The molecule has 1 atom stereocenters. The van der Waals surface area contributed by atoms with Crippen molar-refractivity contribution in [2.24, 2.45) is 0 Å². The Kier molecular flexibility index (Phi) is 9.30. The number of methoxy groups -OCH3 is 2. The Bertz CT molecular complexity index is 1920. The molecule has 0 aliphatic heterocycles. The van der Waals surface area contributed by atoms with Crippen molar-refractivity contribution in [3.8, 4) is 22.8 Å². The van der Waals surface area contributed by atoms with Gasteiger partial charge in [0.05, 0.1) is 49.6 Å². The number of aliphatic hydroxyl groups excluding tert-OH is 2. The molecule has 236 valence electrons. The van der Waals surface area contributed by atoms with Crippen LogP contribution in [0.5, 0.6) is 11.5 Å². The van der Waals surface area contributed by atoms with Crippen LogP contribution in [-0.4, -0.2) is 55.5 Å². The highest BCUT2D eigenvalue weighted by Gasteiger charge is 2.32. The SMILES string of the molecule is COc1ccc(CN(c2nccs2)S(=O)(=O)c2ccc3c(-c4ccc(C(F)(F)F)cc4CC(O)CO)nccc3c2)c(OC)c1. The zero-order valence-corrected chi connectivity index (χ0v) is 25.7. The molecule has 0 bridgehead atoms. The van der Waals surface area contributed by atoms with Crippen LogP contribution in [0.25, 0.3) is 22.0 Å². The number of hydrogen-bond donors (Lipinski definition) is 2. The Hall–Kier alpha value is -4.24. The van der Waals surface area contributed by atoms with Gasteiger partial charge in [0.15, 0.2) is 5.13 Å². The average molecular weight is 660 g/mol. The van der Waals surface area contributed by atoms with Crippen molar-refractivity contribution in [2.45, 2.75) is 30.1 Å². The highest BCUT2D eigenvalue weighted by molar-refractivity contribution is 7.93. The van der Waals surface area contributed by atoms with E-state index in [1.807, 2.05) is 0 Å². The maximum atomic E-state index is 14.1. The molecule has 5 rings (SSSR count). The van der Waals surface area contributed by atoms with E-state index in [2.05, 4.69) is 9.97 Å². The van der Waals surface area contributed by atoms with Gasteiger partial charge in [0.25, 0.3) is 10.0 Å². The fourth-order valence-corrected chi connectivity index (χ4v) is 7.18. The lowest BCUT2D eigenvalue weighted by Gasteiger charge is -2.23. The van der Waals surface area contributed by atoms with Crippen LogP contribution in [0.1, 0.15) is 16.7 Å². The second kappa shape index (κ2) is 13.0. The molecule has 0 radical (unpaired) electrons. The molecule has 14 heteroatoms. The van der Waals surface area contributed by atoms with Gasteiger partial charge >= 0.3 is 6.18 Å². The van der Waals surface area contributed by atoms with Gasteiger partial charge in [-0.2, -0.15) is 13.2 Å². The smallest absolute Gasteiger partial charge is 0.416 e. The molecule has 0 aliphatic rings. The van der Waals surface area contributed by atoms with Crippen LogP contribution in [0.3, 0.4) is 0 Å². The fourth-order valence-electron chi connectivity index (χ4n) is 4.88. The molecule has 5 aromatic rings. The molecule has 1 unspecified atom stereocenters. The minimum atomic E-state index is -4.62. The molecule has 0 aliphatic carbocycles. The standard InChI is InChI=1S/C31H28F3N3O6S2/c1-42-24-5-3-20(28(16-24)43-2)17-37(30-36-11-12-44-30)45(40,41)25-6-8-26-19(15-25)9-10-35-29(26)27-7-4-22(31(32,33)34)13-21(27)14-23(39)18-38/h3-13,15-16,23,38-39H,14,17-18H2,1-2H3. The second-order valence-corrected chi connectivity index (χ2v) is 12.7. The van der Waals surface area contributed by atoms with Crippen molar-refractivity contribution < 1.29 is 41.3 Å². The minimum absolute atomic E-state index is 0.0434. The first-order valence-electron chi connectivity index (χ1n) is 13.5. The van der Waals surface area contributed by atoms with E-state index in [-0.39, 0.29) is 28.6 Å². The Morgan fingerprint density at radius 1 is 0.956 bits per heavy atom. The van der Waals surface area contributed by atoms with Gasteiger partial charge in [-0.1, -0.05) is 12.1 Å². The Morgan fingerprint density at radius 3 is 2.42 bits per heavy atom. The third-order valence-corrected chi connectivity index (χ3v) is 9.76. The normalized spacial score (nSPS) is 12.7. The van der Waals surface area contributed by atoms with Gasteiger partial charge in [-0.05, 0) is 53.4 Å². The van der Waals surface area contributed by atoms with Gasteiger partial charge in [0.2, 0.25) is 0 Å². The molecular weight excluding hydrogens is 631 g/mol. The van der Waals surface area contributed by atoms with Gasteiger partial charge < -0.3 is 19.7 Å². The maximum absolute atomic E-state index is 14.1. The first-order chi connectivity index (χ1) is 21.5. The molecule has 2 aromatic heterocycles. The summed E-state index contributed by atoms with van der Waals surface area (Å²) in [5.74, 6) is 0.972. The molecule has 2 heterocycles. The molecule has 0 spiro atoms. The number of rotatable bonds is 11. The maximum Gasteiger partial charge on any atom is 0.416 e. The summed E-state index contributed by atoms with van der Waals surface area (Å²) in [5, 5.41) is 22.3. The number of aromatic nitrogens is 2. The van der Waals surface area contributed by atoms with E-state index < -0.39 is 34.5 Å². The number of ether oxygens (including phenoxy) is 2. The van der Waals surface area contributed by atoms with Crippen LogP contribution >= 0.6 is 11.3 Å². The zero-order chi connectivity index (χ0) is 32.4. The number of hydrogen-bond acceptors (Lipinski definition) is 9. The van der Waals surface area contributed by atoms with Crippen LogP contribution in [0.4, 0.5) is 18.3 Å². The summed E-state index contributed by atoms with van der Waals surface area (Å²) >= 11 is 1.15. The van der Waals surface area contributed by atoms with Crippen LogP contribution in [0, 0.1) is 0 Å². The number of halogens is 3. The van der Waals surface area contributed by atoms with E-state index in [0.29, 0.717) is 39.1 Å². The number of thiazole rings is 1. The summed E-state index contributed by atoms with van der Waals surface area (Å²) in [5.41, 5.74) is 0.407. The highest BCUT2D eigenvalue weighted by atomic mass is 32.2. The Labute approximate surface area is 261 Å². The van der Waals surface area contributed by atoms with Gasteiger partial charge in [-0.15, -0.1) is 11.3 Å². The number of aliphatic hydroxyl groups is 2. The number of sulfonamides is 1. The number of benzene rings is 3. The average Bonchev–Trinajstić information content (AvgIpc) is 3.57. The number of fused-ring (bicyclic) bond motifs is 1. The van der Waals surface area contributed by atoms with Crippen molar-refractivity contribution in [3.05, 3.63) is 95.1 Å². The summed E-state index contributed by atoms with van der Waals surface area (Å²) in [6.07, 6.45) is -3.23. The van der Waals surface area contributed by atoms with Crippen molar-refractivity contribution in [3.63, 3.8) is 0 Å². The molecular formula is C31H28F3N3O6S2. The van der Waals surface area contributed by atoms with Gasteiger partial charge in [-0.3, -0.25) is 4.98 Å². The third kappa shape index (κ3) is 6.73. The zero-order valence-electron chi connectivity index (χ0n) is 24.0. The van der Waals surface area contributed by atoms with E-state index in [0.717, 1.165) is 23.5 Å². The van der Waals surface area contributed by atoms with E-state index >= 15 is 0 Å². The van der Waals surface area contributed by atoms with Gasteiger partial charge in [-0.25, -0.2) is 17.7 Å². The first kappa shape index (κ1) is 32.2. The Morgan fingerprint density at radius 2 is 1.76 bits per heavy atom. The van der Waals surface area contributed by atoms with E-state index in [1.165, 1.54) is 49.1 Å². The number of nitrogens with zero attached hydrogens (tertiary/aromatic N) is 3. The van der Waals surface area contributed by atoms with Gasteiger partial charge in [0.1, 0.15) is 11.5 Å². The number of pyridine rings is 1. The third-order valence-electron chi connectivity index (χ3n) is 7.12. The quantitative estimate of drug-likeness (QED) is 0.186. The Balaban J connectivity index is 1.59. The summed E-state index contributed by atoms with van der Waals surface area (Å²) in [6.45, 7) is -0.734. The summed E-state index contributed by atoms with van der Waals surface area (Å²) in [6, 6.07) is 14.2. The summed E-state index contributed by atoms with van der Waals surface area (Å²) in [4.78, 5) is 8.60. The lowest BCUT2D eigenvalue weighted by Crippen LogP contribution is -2.30. The monoisotopic (exact) mass is 659 g/mol. The van der Waals surface area contributed by atoms with E-state index in [4.69, 9.17) is 9.47 Å². The lowest BCUT2D eigenvalue weighted by atomic mass is 9.94. The largest absolute Gasteiger partial charge is 0.497 e. The lowest BCUT2D eigenvalue weighted by molar-refractivity contribution is -0.137. The predicted octanol–water partition coefficient (Wildman–Crippen LogP) is 5.69. The molecule has 0 fully saturated rings. The molecule has 2 N–H and O–H groups in total. The molecule has 9 nitrogen and oxygen atoms in total. The van der Waals surface area contributed by atoms with Crippen molar-refractivity contribution in [1.82, 2.24) is 9.97 Å². The minimum Gasteiger partial charge on any atom is -0.497 e. The second-order valence-electron chi connectivity index (χ2n) is 9.96. The number of alkyl halides is 3. The molecule has 0 amide bonds. The van der Waals surface area contributed by atoms with E-state index in [9.17, 15) is 31.8 Å². The predicted molar refractivity (Wildman–Crippen MR) is 164 cm³/mol. The van der Waals surface area contributed by atoms with Crippen molar-refractivity contribution >= 4 is 37.3 Å². The van der Waals surface area contributed by atoms with Crippen LogP contribution in [0.15, 0.2) is 83.3 Å². The molecule has 0 saturated heterocycles. The fraction of sp³-hybridized carbons (Fsp3) is 0.226.